The number of halogens is 1. The van der Waals surface area contributed by atoms with E-state index in [1.165, 1.54) is 12.7 Å². The van der Waals surface area contributed by atoms with Crippen LogP contribution in [0, 0.1) is 5.92 Å². The third kappa shape index (κ3) is 2.38. The van der Waals surface area contributed by atoms with Crippen LogP contribution in [0.3, 0.4) is 0 Å². The van der Waals surface area contributed by atoms with Gasteiger partial charge >= 0.3 is 0 Å². The molecule has 15 heavy (non-hydrogen) atoms. The van der Waals surface area contributed by atoms with Crippen LogP contribution in [0.4, 0.5) is 0 Å². The van der Waals surface area contributed by atoms with Crippen LogP contribution in [0.15, 0.2) is 28.7 Å². The normalized spacial score (nSPS) is 23.6. The van der Waals surface area contributed by atoms with Gasteiger partial charge in [-0.3, -0.25) is 9.63 Å². The maximum absolute atomic E-state index is 11.4. The van der Waals surface area contributed by atoms with Crippen LogP contribution in [0.5, 0.6) is 0 Å². The van der Waals surface area contributed by atoms with E-state index in [4.69, 9.17) is 0 Å². The third-order valence-electron chi connectivity index (χ3n) is 2.61. The smallest absolute Gasteiger partial charge is 0.247 e. The molecule has 3 nitrogen and oxygen atoms in total. The van der Waals surface area contributed by atoms with Gasteiger partial charge in [0.25, 0.3) is 0 Å². The summed E-state index contributed by atoms with van der Waals surface area (Å²) >= 11 is 3.42. The summed E-state index contributed by atoms with van der Waals surface area (Å²) in [4.78, 5) is 16.0. The largest absolute Gasteiger partial charge is 0.277 e. The lowest BCUT2D eigenvalue weighted by atomic mass is 10.1. The van der Waals surface area contributed by atoms with Crippen molar-refractivity contribution in [1.82, 2.24) is 5.48 Å². The molecule has 0 saturated heterocycles. The van der Waals surface area contributed by atoms with Gasteiger partial charge in [-0.15, -0.1) is 0 Å². The summed E-state index contributed by atoms with van der Waals surface area (Å²) in [6.07, 6.45) is 0.908. The third-order valence-corrected chi connectivity index (χ3v) is 3.10. The highest BCUT2D eigenvalue weighted by molar-refractivity contribution is 9.10. The molecule has 0 unspecified atom stereocenters. The minimum absolute atomic E-state index is 0.0255. The number of carbonyl (C=O) groups is 1. The number of amides is 1. The molecule has 1 aliphatic carbocycles. The summed E-state index contributed by atoms with van der Waals surface area (Å²) in [6.45, 7) is 0. The van der Waals surface area contributed by atoms with E-state index in [1.54, 1.807) is 0 Å². The Morgan fingerprint density at radius 1 is 1.60 bits per heavy atom. The molecule has 4 heteroatoms. The summed E-state index contributed by atoms with van der Waals surface area (Å²) in [5.41, 5.74) is 3.58. The summed E-state index contributed by atoms with van der Waals surface area (Å²) in [5.74, 6) is 0.388. The van der Waals surface area contributed by atoms with Gasteiger partial charge in [0, 0.05) is 10.4 Å². The molecule has 0 aromatic heterocycles. The summed E-state index contributed by atoms with van der Waals surface area (Å²) in [6, 6.07) is 8.08. The Hall–Kier alpha value is -0.870. The Labute approximate surface area is 96.9 Å². The molecule has 2 rings (SSSR count). The van der Waals surface area contributed by atoms with Crippen LogP contribution in [0.2, 0.25) is 0 Å². The predicted octanol–water partition coefficient (Wildman–Crippen LogP) is 2.23. The maximum atomic E-state index is 11.4. The summed E-state index contributed by atoms with van der Waals surface area (Å²) in [7, 11) is 1.45. The molecule has 1 N–H and O–H groups in total. The van der Waals surface area contributed by atoms with Gasteiger partial charge in [-0.2, -0.15) is 0 Å². The standard InChI is InChI=1S/C11H12BrNO2/c1-15-13-11(14)10-6-9(10)7-3-2-4-8(12)5-7/h2-5,9-10H,6H2,1H3,(H,13,14)/t9-,10+/m0/s1. The molecule has 0 spiro atoms. The first-order valence-electron chi connectivity index (χ1n) is 4.80. The van der Waals surface area contributed by atoms with Gasteiger partial charge in [-0.25, -0.2) is 5.48 Å². The molecular weight excluding hydrogens is 258 g/mol. The van der Waals surface area contributed by atoms with Crippen molar-refractivity contribution in [2.75, 3.05) is 7.11 Å². The maximum Gasteiger partial charge on any atom is 0.247 e. The number of nitrogens with one attached hydrogen (secondary N) is 1. The van der Waals surface area contributed by atoms with Crippen molar-refractivity contribution in [2.45, 2.75) is 12.3 Å². The van der Waals surface area contributed by atoms with Gasteiger partial charge in [-0.1, -0.05) is 28.1 Å². The number of hydrogen-bond donors (Lipinski definition) is 1. The molecule has 0 aliphatic heterocycles. The quantitative estimate of drug-likeness (QED) is 0.855. The second-order valence-electron chi connectivity index (χ2n) is 3.67. The molecule has 1 aromatic carbocycles. The van der Waals surface area contributed by atoms with Crippen LogP contribution in [0.25, 0.3) is 0 Å². The fraction of sp³-hybridized carbons (Fsp3) is 0.364. The van der Waals surface area contributed by atoms with Gasteiger partial charge in [0.05, 0.1) is 7.11 Å². The molecule has 1 amide bonds. The van der Waals surface area contributed by atoms with Crippen molar-refractivity contribution >= 4 is 21.8 Å². The van der Waals surface area contributed by atoms with Gasteiger partial charge in [0.15, 0.2) is 0 Å². The number of benzene rings is 1. The van der Waals surface area contributed by atoms with Gasteiger partial charge in [-0.05, 0) is 30.0 Å². The van der Waals surface area contributed by atoms with E-state index in [1.807, 2.05) is 12.1 Å². The second-order valence-corrected chi connectivity index (χ2v) is 4.59. The summed E-state index contributed by atoms with van der Waals surface area (Å²) < 4.78 is 1.05. The minimum atomic E-state index is -0.0255. The van der Waals surface area contributed by atoms with Crippen LogP contribution in [-0.4, -0.2) is 13.0 Å². The van der Waals surface area contributed by atoms with E-state index in [-0.39, 0.29) is 11.8 Å². The molecule has 1 aromatic rings. The van der Waals surface area contributed by atoms with Crippen molar-refractivity contribution in [1.29, 1.82) is 0 Å². The fourth-order valence-corrected chi connectivity index (χ4v) is 2.18. The monoisotopic (exact) mass is 269 g/mol. The lowest BCUT2D eigenvalue weighted by Gasteiger charge is -2.02. The zero-order valence-corrected chi connectivity index (χ0v) is 9.95. The molecule has 1 saturated carbocycles. The van der Waals surface area contributed by atoms with Crippen molar-refractivity contribution in [3.8, 4) is 0 Å². The second kappa shape index (κ2) is 4.33. The SMILES string of the molecule is CONC(=O)[C@@H]1C[C@H]1c1cccc(Br)c1. The molecule has 0 radical (unpaired) electrons. The Bertz CT molecular complexity index is 381. The summed E-state index contributed by atoms with van der Waals surface area (Å²) in [5, 5.41) is 0. The van der Waals surface area contributed by atoms with Gasteiger partial charge in [0.2, 0.25) is 5.91 Å². The zero-order valence-electron chi connectivity index (χ0n) is 8.37. The van der Waals surface area contributed by atoms with Crippen LogP contribution >= 0.6 is 15.9 Å². The minimum Gasteiger partial charge on any atom is -0.277 e. The van der Waals surface area contributed by atoms with E-state index in [0.717, 1.165) is 10.9 Å². The van der Waals surface area contributed by atoms with Crippen molar-refractivity contribution in [3.63, 3.8) is 0 Å². The molecule has 2 atom stereocenters. The topological polar surface area (TPSA) is 38.3 Å². The van der Waals surface area contributed by atoms with E-state index in [2.05, 4.69) is 38.4 Å². The molecule has 1 fully saturated rings. The van der Waals surface area contributed by atoms with Crippen LogP contribution in [0.1, 0.15) is 17.9 Å². The Balaban J connectivity index is 2.01. The first-order valence-corrected chi connectivity index (χ1v) is 5.60. The first-order chi connectivity index (χ1) is 7.22. The van der Waals surface area contributed by atoms with Crippen LogP contribution < -0.4 is 5.48 Å². The van der Waals surface area contributed by atoms with Gasteiger partial charge in [0.1, 0.15) is 0 Å². The predicted molar refractivity (Wildman–Crippen MR) is 60.1 cm³/mol. The highest BCUT2D eigenvalue weighted by atomic mass is 79.9. The number of carbonyl (C=O) groups excluding carboxylic acids is 1. The first kappa shape index (κ1) is 10.6. The molecule has 0 heterocycles. The van der Waals surface area contributed by atoms with Crippen molar-refractivity contribution in [3.05, 3.63) is 34.3 Å². The van der Waals surface area contributed by atoms with Gasteiger partial charge < -0.3 is 0 Å². The average Bonchev–Trinajstić information content (AvgIpc) is 2.97. The van der Waals surface area contributed by atoms with E-state index < -0.39 is 0 Å². The highest BCUT2D eigenvalue weighted by Gasteiger charge is 2.44. The molecule has 0 bridgehead atoms. The fourth-order valence-electron chi connectivity index (χ4n) is 1.77. The average molecular weight is 270 g/mol. The van der Waals surface area contributed by atoms with E-state index >= 15 is 0 Å². The number of rotatable bonds is 3. The van der Waals surface area contributed by atoms with Crippen LogP contribution in [-0.2, 0) is 9.63 Å². The van der Waals surface area contributed by atoms with E-state index in [9.17, 15) is 4.79 Å². The zero-order chi connectivity index (χ0) is 10.8. The molecular formula is C11H12BrNO2. The lowest BCUT2D eigenvalue weighted by molar-refractivity contribution is -0.132. The highest BCUT2D eigenvalue weighted by Crippen LogP contribution is 2.47. The Kier molecular flexibility index (Phi) is 3.07. The molecule has 1 aliphatic rings. The lowest BCUT2D eigenvalue weighted by Crippen LogP contribution is -2.23. The van der Waals surface area contributed by atoms with Crippen molar-refractivity contribution in [2.24, 2.45) is 5.92 Å². The Morgan fingerprint density at radius 2 is 2.40 bits per heavy atom. The number of hydrogen-bond acceptors (Lipinski definition) is 2. The Morgan fingerprint density at radius 3 is 3.07 bits per heavy atom. The van der Waals surface area contributed by atoms with Crippen molar-refractivity contribution < 1.29 is 9.63 Å². The molecule has 80 valence electrons. The van der Waals surface area contributed by atoms with E-state index in [0.29, 0.717) is 5.92 Å². The number of hydroxylamine groups is 1.